The van der Waals surface area contributed by atoms with Crippen LogP contribution in [0.3, 0.4) is 0 Å². The number of nitrogen functional groups attached to an aromatic ring is 1. The summed E-state index contributed by atoms with van der Waals surface area (Å²) in [6, 6.07) is 2.52. The van der Waals surface area contributed by atoms with E-state index in [0.29, 0.717) is 11.6 Å². The minimum absolute atomic E-state index is 0.00290. The van der Waals surface area contributed by atoms with E-state index in [4.69, 9.17) is 5.73 Å². The zero-order chi connectivity index (χ0) is 20.8. The van der Waals surface area contributed by atoms with Crippen LogP contribution in [0.25, 0.3) is 10.2 Å². The molecule has 0 radical (unpaired) electrons. The van der Waals surface area contributed by atoms with Gasteiger partial charge in [-0.3, -0.25) is 0 Å². The number of aryl methyl sites for hydroxylation is 3. The van der Waals surface area contributed by atoms with E-state index in [9.17, 15) is 18.4 Å². The van der Waals surface area contributed by atoms with Gasteiger partial charge in [-0.15, -0.1) is 11.3 Å². The van der Waals surface area contributed by atoms with Gasteiger partial charge in [0.15, 0.2) is 0 Å². The molecule has 0 bridgehead atoms. The van der Waals surface area contributed by atoms with E-state index in [1.165, 1.54) is 18.3 Å². The highest BCUT2D eigenvalue weighted by Crippen LogP contribution is 2.41. The van der Waals surface area contributed by atoms with Crippen LogP contribution >= 0.6 is 23.1 Å². The molecule has 10 heteroatoms. The number of thioether (sulfide) groups is 1. The molecule has 0 aliphatic rings. The number of rotatable bonds is 3. The lowest BCUT2D eigenvalue weighted by atomic mass is 10.1. The number of alkyl halides is 3. The summed E-state index contributed by atoms with van der Waals surface area (Å²) in [5.41, 5.74) is 5.81. The van der Waals surface area contributed by atoms with E-state index in [1.807, 2.05) is 13.8 Å². The molecule has 28 heavy (non-hydrogen) atoms. The molecule has 1 atom stereocenters. The Bertz CT molecular complexity index is 1120. The van der Waals surface area contributed by atoms with Crippen molar-refractivity contribution < 1.29 is 13.2 Å². The van der Waals surface area contributed by atoms with Crippen LogP contribution in [-0.2, 0) is 6.18 Å². The highest BCUT2D eigenvalue weighted by atomic mass is 32.2. The number of nitrogens with two attached hydrogens (primary N) is 1. The number of hydrogen-bond donors (Lipinski definition) is 1. The summed E-state index contributed by atoms with van der Waals surface area (Å²) in [7, 11) is 0. The Morgan fingerprint density at radius 3 is 2.50 bits per heavy atom. The SMILES string of the molecule is Cc1cc(C(F)(F)F)c(C#N)c(SC(C)c2nc(N)c3c(C)c(C)sc3n2)n1. The molecule has 0 fully saturated rings. The van der Waals surface area contributed by atoms with Gasteiger partial charge in [0.2, 0.25) is 0 Å². The number of anilines is 1. The molecule has 2 N–H and O–H groups in total. The van der Waals surface area contributed by atoms with Gasteiger partial charge in [0, 0.05) is 10.6 Å². The maximum Gasteiger partial charge on any atom is 0.417 e. The molecule has 0 aliphatic carbocycles. The van der Waals surface area contributed by atoms with Crippen molar-refractivity contribution in [3.8, 4) is 6.07 Å². The monoisotopic (exact) mass is 423 g/mol. The van der Waals surface area contributed by atoms with Crippen LogP contribution in [0.5, 0.6) is 0 Å². The smallest absolute Gasteiger partial charge is 0.383 e. The second-order valence-corrected chi connectivity index (χ2v) is 8.82. The number of halogens is 3. The number of nitriles is 1. The standard InChI is InChI=1S/C18H16F3N5S2/c1-7-5-12(18(19,20)21)11(6-22)16(24-7)28-10(4)15-25-14(23)13-8(2)9(3)27-17(13)26-15/h5,10H,1-4H3,(H2,23,25,26). The first-order valence-corrected chi connectivity index (χ1v) is 9.91. The van der Waals surface area contributed by atoms with Crippen LogP contribution in [0.1, 0.15) is 45.3 Å². The molecule has 0 spiro atoms. The summed E-state index contributed by atoms with van der Waals surface area (Å²) in [6.07, 6.45) is -4.64. The second kappa shape index (κ2) is 7.22. The zero-order valence-electron chi connectivity index (χ0n) is 15.5. The third kappa shape index (κ3) is 3.64. The van der Waals surface area contributed by atoms with E-state index in [-0.39, 0.29) is 10.7 Å². The van der Waals surface area contributed by atoms with Crippen LogP contribution in [-0.4, -0.2) is 15.0 Å². The lowest BCUT2D eigenvalue weighted by Crippen LogP contribution is -2.11. The highest BCUT2D eigenvalue weighted by molar-refractivity contribution is 7.99. The number of nitrogens with zero attached hydrogens (tertiary/aromatic N) is 4. The van der Waals surface area contributed by atoms with Gasteiger partial charge < -0.3 is 5.73 Å². The van der Waals surface area contributed by atoms with Crippen molar-refractivity contribution >= 4 is 39.1 Å². The maximum atomic E-state index is 13.3. The van der Waals surface area contributed by atoms with Crippen molar-refractivity contribution in [3.05, 3.63) is 39.2 Å². The first-order valence-electron chi connectivity index (χ1n) is 8.21. The average Bonchev–Trinajstić information content (AvgIpc) is 2.88. The number of hydrogen-bond acceptors (Lipinski definition) is 7. The van der Waals surface area contributed by atoms with E-state index in [0.717, 1.165) is 38.5 Å². The van der Waals surface area contributed by atoms with E-state index in [2.05, 4.69) is 15.0 Å². The van der Waals surface area contributed by atoms with Gasteiger partial charge in [-0.25, -0.2) is 15.0 Å². The Balaban J connectivity index is 2.04. The summed E-state index contributed by atoms with van der Waals surface area (Å²) in [5, 5.41) is 9.66. The number of aromatic nitrogens is 3. The predicted octanol–water partition coefficient (Wildman–Crippen LogP) is 5.34. The van der Waals surface area contributed by atoms with Gasteiger partial charge >= 0.3 is 6.18 Å². The molecule has 3 rings (SSSR count). The lowest BCUT2D eigenvalue weighted by molar-refractivity contribution is -0.138. The Labute approximate surface area is 167 Å². The van der Waals surface area contributed by atoms with Crippen molar-refractivity contribution in [2.75, 3.05) is 5.73 Å². The van der Waals surface area contributed by atoms with Crippen LogP contribution in [0.2, 0.25) is 0 Å². The molecule has 0 saturated heterocycles. The minimum atomic E-state index is -4.64. The first kappa shape index (κ1) is 20.4. The molecular formula is C18H16F3N5S2. The molecular weight excluding hydrogens is 407 g/mol. The van der Waals surface area contributed by atoms with E-state index < -0.39 is 22.6 Å². The fourth-order valence-corrected chi connectivity index (χ4v) is 4.82. The topological polar surface area (TPSA) is 88.5 Å². The van der Waals surface area contributed by atoms with Crippen molar-refractivity contribution in [2.24, 2.45) is 0 Å². The third-order valence-electron chi connectivity index (χ3n) is 4.26. The van der Waals surface area contributed by atoms with Crippen LogP contribution < -0.4 is 5.73 Å². The van der Waals surface area contributed by atoms with Crippen molar-refractivity contribution in [2.45, 2.75) is 44.1 Å². The van der Waals surface area contributed by atoms with Gasteiger partial charge in [-0.2, -0.15) is 18.4 Å². The molecule has 3 aromatic heterocycles. The summed E-state index contributed by atoms with van der Waals surface area (Å²) in [6.45, 7) is 7.12. The van der Waals surface area contributed by atoms with Crippen LogP contribution in [0.15, 0.2) is 11.1 Å². The quantitative estimate of drug-likeness (QED) is 0.572. The fourth-order valence-electron chi connectivity index (χ4n) is 2.76. The van der Waals surface area contributed by atoms with E-state index in [1.54, 1.807) is 13.0 Å². The van der Waals surface area contributed by atoms with E-state index >= 15 is 0 Å². The Kier molecular flexibility index (Phi) is 5.25. The van der Waals surface area contributed by atoms with Crippen LogP contribution in [0, 0.1) is 32.1 Å². The largest absolute Gasteiger partial charge is 0.417 e. The van der Waals surface area contributed by atoms with Crippen molar-refractivity contribution in [1.82, 2.24) is 15.0 Å². The van der Waals surface area contributed by atoms with Gasteiger partial charge in [0.1, 0.15) is 27.6 Å². The summed E-state index contributed by atoms with van der Waals surface area (Å²) in [4.78, 5) is 14.8. The molecule has 1 unspecified atom stereocenters. The first-order chi connectivity index (χ1) is 13.0. The van der Waals surface area contributed by atoms with Gasteiger partial charge in [-0.1, -0.05) is 11.8 Å². The molecule has 0 aromatic carbocycles. The fraction of sp³-hybridized carbons (Fsp3) is 0.333. The minimum Gasteiger partial charge on any atom is -0.383 e. The van der Waals surface area contributed by atoms with Crippen molar-refractivity contribution in [1.29, 1.82) is 5.26 Å². The summed E-state index contributed by atoms with van der Waals surface area (Å²) < 4.78 is 39.9. The predicted molar refractivity (Wildman–Crippen MR) is 104 cm³/mol. The number of pyridine rings is 1. The lowest BCUT2D eigenvalue weighted by Gasteiger charge is -2.15. The second-order valence-electron chi connectivity index (χ2n) is 6.29. The van der Waals surface area contributed by atoms with Gasteiger partial charge in [-0.05, 0) is 39.3 Å². The van der Waals surface area contributed by atoms with Crippen molar-refractivity contribution in [3.63, 3.8) is 0 Å². The molecule has 0 amide bonds. The van der Waals surface area contributed by atoms with Crippen LogP contribution in [0.4, 0.5) is 19.0 Å². The Hall–Kier alpha value is -2.38. The van der Waals surface area contributed by atoms with Gasteiger partial charge in [0.25, 0.3) is 0 Å². The average molecular weight is 423 g/mol. The number of thiophene rings is 1. The molecule has 3 aromatic rings. The summed E-state index contributed by atoms with van der Waals surface area (Å²) >= 11 is 2.50. The molecule has 146 valence electrons. The maximum absolute atomic E-state index is 13.3. The third-order valence-corrected chi connectivity index (χ3v) is 6.44. The molecule has 0 saturated carbocycles. The highest BCUT2D eigenvalue weighted by Gasteiger charge is 2.36. The molecule has 0 aliphatic heterocycles. The Morgan fingerprint density at radius 2 is 1.89 bits per heavy atom. The number of fused-ring (bicyclic) bond motifs is 1. The molecule has 3 heterocycles. The van der Waals surface area contributed by atoms with Gasteiger partial charge in [0.05, 0.1) is 21.8 Å². The zero-order valence-corrected chi connectivity index (χ0v) is 17.1. The Morgan fingerprint density at radius 1 is 1.21 bits per heavy atom. The summed E-state index contributed by atoms with van der Waals surface area (Å²) in [5.74, 6) is 0.722. The molecule has 5 nitrogen and oxygen atoms in total. The normalized spacial score (nSPS) is 12.9.